The van der Waals surface area contributed by atoms with Crippen LogP contribution in [0.4, 0.5) is 0 Å². The van der Waals surface area contributed by atoms with E-state index >= 15 is 0 Å². The zero-order valence-corrected chi connectivity index (χ0v) is 13.2. The third-order valence-corrected chi connectivity index (χ3v) is 4.89. The van der Waals surface area contributed by atoms with Gasteiger partial charge < -0.3 is 10.4 Å². The molecule has 2 aromatic heterocycles. The van der Waals surface area contributed by atoms with Crippen LogP contribution >= 0.6 is 0 Å². The van der Waals surface area contributed by atoms with Crippen molar-refractivity contribution in [3.8, 4) is 0 Å². The number of sulfone groups is 1. The van der Waals surface area contributed by atoms with Crippen LogP contribution in [0.2, 0.25) is 0 Å². The normalized spacial score (nSPS) is 12.6. The summed E-state index contributed by atoms with van der Waals surface area (Å²) in [4.78, 5) is 23.6. The van der Waals surface area contributed by atoms with Crippen LogP contribution in [0, 0.1) is 0 Å². The van der Waals surface area contributed by atoms with Gasteiger partial charge >= 0.3 is 0 Å². The van der Waals surface area contributed by atoms with E-state index in [2.05, 4.69) is 20.3 Å². The molecular formula is C14H16N4O4S. The average molecular weight is 336 g/mol. The third kappa shape index (κ3) is 4.08. The zero-order chi connectivity index (χ0) is 16.9. The van der Waals surface area contributed by atoms with E-state index in [4.69, 9.17) is 0 Å². The lowest BCUT2D eigenvalue weighted by Gasteiger charge is -2.16. The van der Waals surface area contributed by atoms with E-state index in [1.165, 1.54) is 37.1 Å². The Kier molecular flexibility index (Phi) is 5.35. The number of hydrogen-bond acceptors (Lipinski definition) is 7. The molecule has 0 bridgehead atoms. The molecule has 0 fully saturated rings. The van der Waals surface area contributed by atoms with Gasteiger partial charge in [0.1, 0.15) is 6.33 Å². The minimum absolute atomic E-state index is 0.0256. The van der Waals surface area contributed by atoms with Gasteiger partial charge in [0.15, 0.2) is 9.84 Å². The number of aromatic nitrogens is 3. The summed E-state index contributed by atoms with van der Waals surface area (Å²) in [5.74, 6) is -0.487. The summed E-state index contributed by atoms with van der Waals surface area (Å²) in [6.07, 6.45) is 5.21. The standard InChI is InChI=1S/C14H16N4O4S/c1-2-23(21,22)11-3-4-12(17-7-11)13(8-19)18-14(20)10-5-15-9-16-6-10/h3-7,9,13,19H,2,8H2,1H3,(H,18,20)/t13-/m0/s1. The molecule has 2 heterocycles. The number of aliphatic hydroxyl groups is 1. The molecular weight excluding hydrogens is 320 g/mol. The number of hydrogen-bond donors (Lipinski definition) is 2. The Morgan fingerprint density at radius 1 is 1.26 bits per heavy atom. The summed E-state index contributed by atoms with van der Waals surface area (Å²) in [6, 6.07) is 2.10. The number of carbonyl (C=O) groups excluding carboxylic acids is 1. The van der Waals surface area contributed by atoms with Gasteiger partial charge in [-0.2, -0.15) is 0 Å². The fourth-order valence-corrected chi connectivity index (χ4v) is 2.64. The van der Waals surface area contributed by atoms with Crippen molar-refractivity contribution in [1.29, 1.82) is 0 Å². The maximum atomic E-state index is 12.0. The number of amides is 1. The van der Waals surface area contributed by atoms with Gasteiger partial charge in [-0.25, -0.2) is 18.4 Å². The molecule has 2 aromatic rings. The van der Waals surface area contributed by atoms with E-state index < -0.39 is 21.8 Å². The molecule has 122 valence electrons. The Hall–Kier alpha value is -2.39. The first-order chi connectivity index (χ1) is 11.0. The van der Waals surface area contributed by atoms with Crippen molar-refractivity contribution in [2.45, 2.75) is 17.9 Å². The molecule has 0 aromatic carbocycles. The molecule has 1 atom stereocenters. The second-order valence-electron chi connectivity index (χ2n) is 4.66. The van der Waals surface area contributed by atoms with Gasteiger partial charge in [-0.15, -0.1) is 0 Å². The van der Waals surface area contributed by atoms with Crippen molar-refractivity contribution in [3.05, 3.63) is 48.3 Å². The van der Waals surface area contributed by atoms with E-state index in [1.807, 2.05) is 0 Å². The fourth-order valence-electron chi connectivity index (χ4n) is 1.82. The number of carbonyl (C=O) groups is 1. The molecule has 0 radical (unpaired) electrons. The number of nitrogens with one attached hydrogen (secondary N) is 1. The maximum absolute atomic E-state index is 12.0. The number of pyridine rings is 1. The minimum atomic E-state index is -3.34. The molecule has 23 heavy (non-hydrogen) atoms. The van der Waals surface area contributed by atoms with Crippen LogP contribution in [0.5, 0.6) is 0 Å². The highest BCUT2D eigenvalue weighted by Crippen LogP contribution is 2.15. The Labute approximate surface area is 133 Å². The second kappa shape index (κ2) is 7.25. The Morgan fingerprint density at radius 3 is 2.48 bits per heavy atom. The number of rotatable bonds is 6. The monoisotopic (exact) mass is 336 g/mol. The predicted octanol–water partition coefficient (Wildman–Crippen LogP) is 0.129. The summed E-state index contributed by atoms with van der Waals surface area (Å²) in [6.45, 7) is 1.16. The molecule has 0 aliphatic rings. The van der Waals surface area contributed by atoms with E-state index in [9.17, 15) is 18.3 Å². The lowest BCUT2D eigenvalue weighted by Crippen LogP contribution is -2.31. The second-order valence-corrected chi connectivity index (χ2v) is 6.94. The first kappa shape index (κ1) is 17.0. The first-order valence-electron chi connectivity index (χ1n) is 6.83. The van der Waals surface area contributed by atoms with Crippen LogP contribution in [-0.2, 0) is 9.84 Å². The van der Waals surface area contributed by atoms with Crippen LogP contribution in [-0.4, -0.2) is 46.7 Å². The molecule has 0 aliphatic heterocycles. The van der Waals surface area contributed by atoms with E-state index in [0.717, 1.165) is 0 Å². The van der Waals surface area contributed by atoms with Crippen LogP contribution in [0.3, 0.4) is 0 Å². The molecule has 2 rings (SSSR count). The molecule has 0 saturated carbocycles. The highest BCUT2D eigenvalue weighted by atomic mass is 32.2. The molecule has 0 saturated heterocycles. The van der Waals surface area contributed by atoms with Gasteiger partial charge in [0.2, 0.25) is 0 Å². The van der Waals surface area contributed by atoms with Crippen molar-refractivity contribution < 1.29 is 18.3 Å². The highest BCUT2D eigenvalue weighted by molar-refractivity contribution is 7.91. The van der Waals surface area contributed by atoms with E-state index in [0.29, 0.717) is 5.69 Å². The topological polar surface area (TPSA) is 122 Å². The minimum Gasteiger partial charge on any atom is -0.394 e. The quantitative estimate of drug-likeness (QED) is 0.768. The van der Waals surface area contributed by atoms with Gasteiger partial charge in [-0.05, 0) is 12.1 Å². The van der Waals surface area contributed by atoms with Crippen LogP contribution < -0.4 is 5.32 Å². The predicted molar refractivity (Wildman–Crippen MR) is 81.3 cm³/mol. The zero-order valence-electron chi connectivity index (χ0n) is 12.4. The van der Waals surface area contributed by atoms with Gasteiger partial charge in [0.05, 0.1) is 34.6 Å². The average Bonchev–Trinajstić information content (AvgIpc) is 2.60. The van der Waals surface area contributed by atoms with Crippen LogP contribution in [0.15, 0.2) is 41.9 Å². The van der Waals surface area contributed by atoms with Gasteiger partial charge in [-0.3, -0.25) is 9.78 Å². The van der Waals surface area contributed by atoms with Gasteiger partial charge in [0, 0.05) is 18.6 Å². The number of nitrogens with zero attached hydrogens (tertiary/aromatic N) is 3. The summed E-state index contributed by atoms with van der Waals surface area (Å²) < 4.78 is 23.5. The fraction of sp³-hybridized carbons (Fsp3) is 0.286. The van der Waals surface area contributed by atoms with Crippen molar-refractivity contribution in [1.82, 2.24) is 20.3 Å². The molecule has 1 amide bonds. The van der Waals surface area contributed by atoms with Crippen LogP contribution in [0.25, 0.3) is 0 Å². The third-order valence-electron chi connectivity index (χ3n) is 3.17. The van der Waals surface area contributed by atoms with E-state index in [-0.39, 0.29) is 22.8 Å². The molecule has 0 unspecified atom stereocenters. The van der Waals surface area contributed by atoms with Crippen molar-refractivity contribution in [2.24, 2.45) is 0 Å². The SMILES string of the molecule is CCS(=O)(=O)c1ccc([C@H](CO)NC(=O)c2cncnc2)nc1. The number of aliphatic hydroxyl groups excluding tert-OH is 1. The summed E-state index contributed by atoms with van der Waals surface area (Å²) in [5.41, 5.74) is 0.601. The molecule has 0 spiro atoms. The Morgan fingerprint density at radius 2 is 1.96 bits per heavy atom. The molecule has 2 N–H and O–H groups in total. The van der Waals surface area contributed by atoms with Crippen molar-refractivity contribution in [3.63, 3.8) is 0 Å². The molecule has 9 heteroatoms. The van der Waals surface area contributed by atoms with Crippen molar-refractivity contribution in [2.75, 3.05) is 12.4 Å². The summed E-state index contributed by atoms with van der Waals surface area (Å²) in [5, 5.41) is 12.0. The van der Waals surface area contributed by atoms with Crippen molar-refractivity contribution >= 4 is 15.7 Å². The smallest absolute Gasteiger partial charge is 0.255 e. The summed E-state index contributed by atoms with van der Waals surface area (Å²) >= 11 is 0. The lowest BCUT2D eigenvalue weighted by atomic mass is 10.2. The maximum Gasteiger partial charge on any atom is 0.255 e. The lowest BCUT2D eigenvalue weighted by molar-refractivity contribution is 0.0914. The van der Waals surface area contributed by atoms with Gasteiger partial charge in [-0.1, -0.05) is 6.92 Å². The Bertz CT molecular complexity index is 763. The molecule has 8 nitrogen and oxygen atoms in total. The van der Waals surface area contributed by atoms with E-state index in [1.54, 1.807) is 6.92 Å². The largest absolute Gasteiger partial charge is 0.394 e. The van der Waals surface area contributed by atoms with Gasteiger partial charge in [0.25, 0.3) is 5.91 Å². The first-order valence-corrected chi connectivity index (χ1v) is 8.48. The molecule has 0 aliphatic carbocycles. The Balaban J connectivity index is 2.17. The highest BCUT2D eigenvalue weighted by Gasteiger charge is 2.18. The summed E-state index contributed by atoms with van der Waals surface area (Å²) in [7, 11) is -3.34. The van der Waals surface area contributed by atoms with Crippen LogP contribution in [0.1, 0.15) is 29.0 Å².